The fourth-order valence-electron chi connectivity index (χ4n) is 1.91. The van der Waals surface area contributed by atoms with Gasteiger partial charge < -0.3 is 9.47 Å². The van der Waals surface area contributed by atoms with Crippen molar-refractivity contribution in [2.24, 2.45) is 0 Å². The lowest BCUT2D eigenvalue weighted by Crippen LogP contribution is -2.34. The number of esters is 1. The summed E-state index contributed by atoms with van der Waals surface area (Å²) in [4.78, 5) is 25.3. The molecule has 0 bridgehead atoms. The van der Waals surface area contributed by atoms with Crippen LogP contribution in [0.1, 0.15) is 26.3 Å². The van der Waals surface area contributed by atoms with Gasteiger partial charge in [-0.2, -0.15) is 0 Å². The molecule has 1 aromatic rings. The minimum Gasteiger partial charge on any atom is -0.457 e. The molecule has 23 heavy (non-hydrogen) atoms. The van der Waals surface area contributed by atoms with E-state index >= 15 is 0 Å². The molecule has 122 valence electrons. The molecule has 0 atom stereocenters. The summed E-state index contributed by atoms with van der Waals surface area (Å²) < 4.78 is 10.5. The third-order valence-corrected chi connectivity index (χ3v) is 3.02. The zero-order valence-corrected chi connectivity index (χ0v) is 13.6. The highest BCUT2D eigenvalue weighted by atomic mass is 16.6. The van der Waals surface area contributed by atoms with Gasteiger partial charge in [0.05, 0.1) is 5.57 Å². The van der Waals surface area contributed by atoms with E-state index in [1.165, 1.54) is 11.1 Å². The summed E-state index contributed by atoms with van der Waals surface area (Å²) in [6.07, 6.45) is 4.30. The predicted octanol–water partition coefficient (Wildman–Crippen LogP) is 3.42. The van der Waals surface area contributed by atoms with Crippen LogP contribution < -0.4 is 0 Å². The van der Waals surface area contributed by atoms with Crippen molar-refractivity contribution in [2.45, 2.75) is 33.0 Å². The zero-order valence-electron chi connectivity index (χ0n) is 13.6. The highest BCUT2D eigenvalue weighted by Crippen LogP contribution is 2.15. The Balaban J connectivity index is 1.85. The molecule has 5 nitrogen and oxygen atoms in total. The standard InChI is InChI=1S/C18H21NO4/c1-18(2,3)23-17(21)19-11-9-15(10-12-19)16(20)22-13-14-7-5-4-6-8-14/h4-11H,12-13H2,1-3H3. The van der Waals surface area contributed by atoms with Crippen molar-refractivity contribution in [3.8, 4) is 0 Å². The lowest BCUT2D eigenvalue weighted by atomic mass is 10.2. The summed E-state index contributed by atoms with van der Waals surface area (Å²) in [5.74, 6) is -0.408. The minimum atomic E-state index is -0.552. The minimum absolute atomic E-state index is 0.223. The van der Waals surface area contributed by atoms with E-state index in [-0.39, 0.29) is 13.2 Å². The molecular formula is C18H21NO4. The first-order chi connectivity index (χ1) is 10.8. The van der Waals surface area contributed by atoms with Crippen molar-refractivity contribution in [1.82, 2.24) is 4.90 Å². The Labute approximate surface area is 136 Å². The van der Waals surface area contributed by atoms with E-state index in [0.29, 0.717) is 5.57 Å². The molecule has 0 unspecified atom stereocenters. The van der Waals surface area contributed by atoms with Gasteiger partial charge in [-0.3, -0.25) is 4.90 Å². The summed E-state index contributed by atoms with van der Waals surface area (Å²) in [5, 5.41) is 0. The van der Waals surface area contributed by atoms with Gasteiger partial charge in [0.25, 0.3) is 0 Å². The van der Waals surface area contributed by atoms with Crippen LogP contribution in [0, 0.1) is 0 Å². The maximum atomic E-state index is 12.0. The lowest BCUT2D eigenvalue weighted by Gasteiger charge is -2.25. The number of carbonyl (C=O) groups is 2. The van der Waals surface area contributed by atoms with Crippen LogP contribution in [0.2, 0.25) is 0 Å². The average molecular weight is 315 g/mol. The molecule has 0 fully saturated rings. The monoisotopic (exact) mass is 315 g/mol. The quantitative estimate of drug-likeness (QED) is 0.802. The number of ether oxygens (including phenoxy) is 2. The molecule has 5 heteroatoms. The van der Waals surface area contributed by atoms with Crippen molar-refractivity contribution in [3.05, 3.63) is 59.8 Å². The number of amides is 1. The van der Waals surface area contributed by atoms with Crippen LogP contribution in [0.3, 0.4) is 0 Å². The summed E-state index contributed by atoms with van der Waals surface area (Å²) in [7, 11) is 0. The molecule has 0 spiro atoms. The molecule has 1 aromatic carbocycles. The third-order valence-electron chi connectivity index (χ3n) is 3.02. The maximum absolute atomic E-state index is 12.0. The van der Waals surface area contributed by atoms with Gasteiger partial charge in [-0.05, 0) is 32.4 Å². The molecule has 1 heterocycles. The van der Waals surface area contributed by atoms with Gasteiger partial charge in [-0.25, -0.2) is 9.59 Å². The third kappa shape index (κ3) is 5.29. The SMILES string of the molecule is CC(C)(C)OC(=O)N1C=CC(C(=O)OCc2ccccc2)=CC1. The van der Waals surface area contributed by atoms with E-state index in [0.717, 1.165) is 5.56 Å². The van der Waals surface area contributed by atoms with E-state index in [9.17, 15) is 9.59 Å². The fourth-order valence-corrected chi connectivity index (χ4v) is 1.91. The van der Waals surface area contributed by atoms with Gasteiger partial charge in [0.1, 0.15) is 12.2 Å². The topological polar surface area (TPSA) is 55.8 Å². The molecule has 1 aliphatic rings. The van der Waals surface area contributed by atoms with Crippen LogP contribution in [0.15, 0.2) is 54.3 Å². The van der Waals surface area contributed by atoms with Crippen molar-refractivity contribution < 1.29 is 19.1 Å². The van der Waals surface area contributed by atoms with Crippen LogP contribution in [0.25, 0.3) is 0 Å². The Morgan fingerprint density at radius 2 is 1.87 bits per heavy atom. The summed E-state index contributed by atoms with van der Waals surface area (Å²) >= 11 is 0. The van der Waals surface area contributed by atoms with Crippen molar-refractivity contribution in [1.29, 1.82) is 0 Å². The molecule has 0 radical (unpaired) electrons. The molecule has 0 saturated heterocycles. The van der Waals surface area contributed by atoms with E-state index < -0.39 is 17.7 Å². The van der Waals surface area contributed by atoms with Crippen molar-refractivity contribution >= 4 is 12.1 Å². The van der Waals surface area contributed by atoms with Crippen LogP contribution in [0.5, 0.6) is 0 Å². The summed E-state index contributed by atoms with van der Waals surface area (Å²) in [5.41, 5.74) is 0.807. The second-order valence-electron chi connectivity index (χ2n) is 6.17. The average Bonchev–Trinajstić information content (AvgIpc) is 2.52. The number of hydrogen-bond acceptors (Lipinski definition) is 4. The molecule has 0 N–H and O–H groups in total. The first-order valence-corrected chi connectivity index (χ1v) is 7.44. The Hall–Kier alpha value is -2.56. The second kappa shape index (κ2) is 7.13. The van der Waals surface area contributed by atoms with E-state index in [2.05, 4.69) is 0 Å². The zero-order chi connectivity index (χ0) is 16.9. The number of benzene rings is 1. The van der Waals surface area contributed by atoms with Crippen LogP contribution in [-0.2, 0) is 20.9 Å². The van der Waals surface area contributed by atoms with E-state index in [4.69, 9.17) is 9.47 Å². The van der Waals surface area contributed by atoms with Crippen molar-refractivity contribution in [2.75, 3.05) is 6.54 Å². The largest absolute Gasteiger partial charge is 0.457 e. The van der Waals surface area contributed by atoms with Gasteiger partial charge >= 0.3 is 12.1 Å². The Morgan fingerprint density at radius 1 is 1.17 bits per heavy atom. The number of carbonyl (C=O) groups excluding carboxylic acids is 2. The Morgan fingerprint density at radius 3 is 2.43 bits per heavy atom. The van der Waals surface area contributed by atoms with Gasteiger partial charge in [-0.1, -0.05) is 36.4 Å². The number of hydrogen-bond donors (Lipinski definition) is 0. The van der Waals surface area contributed by atoms with Crippen LogP contribution in [0.4, 0.5) is 4.79 Å². The molecule has 0 aliphatic carbocycles. The predicted molar refractivity (Wildman–Crippen MR) is 86.4 cm³/mol. The molecule has 1 amide bonds. The van der Waals surface area contributed by atoms with Gasteiger partial charge in [0, 0.05) is 12.7 Å². The van der Waals surface area contributed by atoms with E-state index in [1.807, 2.05) is 30.3 Å². The molecule has 1 aliphatic heterocycles. The molecular weight excluding hydrogens is 294 g/mol. The van der Waals surface area contributed by atoms with Crippen LogP contribution >= 0.6 is 0 Å². The highest BCUT2D eigenvalue weighted by Gasteiger charge is 2.22. The van der Waals surface area contributed by atoms with Gasteiger partial charge in [0.2, 0.25) is 0 Å². The highest BCUT2D eigenvalue weighted by molar-refractivity contribution is 5.92. The number of nitrogens with zero attached hydrogens (tertiary/aromatic N) is 1. The van der Waals surface area contributed by atoms with Gasteiger partial charge in [0.15, 0.2) is 0 Å². The Kier molecular flexibility index (Phi) is 5.21. The molecule has 0 aromatic heterocycles. The summed E-state index contributed by atoms with van der Waals surface area (Å²) in [6.45, 7) is 5.92. The first-order valence-electron chi connectivity index (χ1n) is 7.44. The first kappa shape index (κ1) is 16.8. The maximum Gasteiger partial charge on any atom is 0.414 e. The fraction of sp³-hybridized carbons (Fsp3) is 0.333. The normalized spacial score (nSPS) is 14.2. The summed E-state index contributed by atoms with van der Waals surface area (Å²) in [6, 6.07) is 9.47. The lowest BCUT2D eigenvalue weighted by molar-refractivity contribution is -0.139. The van der Waals surface area contributed by atoms with Gasteiger partial charge in [-0.15, -0.1) is 0 Å². The molecule has 0 saturated carbocycles. The molecule has 2 rings (SSSR count). The second-order valence-corrected chi connectivity index (χ2v) is 6.17. The van der Waals surface area contributed by atoms with Crippen LogP contribution in [-0.4, -0.2) is 29.1 Å². The smallest absolute Gasteiger partial charge is 0.414 e. The number of rotatable bonds is 3. The van der Waals surface area contributed by atoms with E-state index in [1.54, 1.807) is 32.9 Å². The Bertz CT molecular complexity index is 626. The van der Waals surface area contributed by atoms with Crippen molar-refractivity contribution in [3.63, 3.8) is 0 Å².